The summed E-state index contributed by atoms with van der Waals surface area (Å²) in [6.07, 6.45) is 4.43. The summed E-state index contributed by atoms with van der Waals surface area (Å²) in [5.74, 6) is -1.27. The van der Waals surface area contributed by atoms with E-state index in [1.165, 1.54) is 13.8 Å². The quantitative estimate of drug-likeness (QED) is 0.745. The lowest BCUT2D eigenvalue weighted by Gasteiger charge is -2.23. The molecule has 0 aromatic carbocycles. The fourth-order valence-corrected chi connectivity index (χ4v) is 1.85. The smallest absolute Gasteiger partial charge is 0.381 e. The maximum absolute atomic E-state index is 12.8. The number of nitrogens with one attached hydrogen (secondary N) is 1. The summed E-state index contributed by atoms with van der Waals surface area (Å²) in [7, 11) is 0. The fraction of sp³-hybridized carbons (Fsp3) is 0.750. The molecule has 0 atom stereocenters. The summed E-state index contributed by atoms with van der Waals surface area (Å²) >= 11 is 4.78. The number of rotatable bonds is 6. The van der Waals surface area contributed by atoms with Crippen LogP contribution >= 0.6 is 11.6 Å². The van der Waals surface area contributed by atoms with Gasteiger partial charge in [-0.05, 0) is 44.7 Å². The van der Waals surface area contributed by atoms with Crippen LogP contribution in [0.2, 0.25) is 0 Å². The second-order valence-electron chi connectivity index (χ2n) is 4.99. The van der Waals surface area contributed by atoms with Gasteiger partial charge < -0.3 is 5.32 Å². The standard InChI is InChI=1S/C12H18ClF2NO/c1-4-8(16-9-5-6-9)7-11(2,3)10(17)12(13,14)15/h7,9,16H,4-6H2,1-3H3. The molecule has 1 saturated carbocycles. The van der Waals surface area contributed by atoms with E-state index >= 15 is 0 Å². The Kier molecular flexibility index (Phi) is 4.18. The van der Waals surface area contributed by atoms with Gasteiger partial charge in [0.1, 0.15) is 0 Å². The third kappa shape index (κ3) is 4.26. The van der Waals surface area contributed by atoms with Gasteiger partial charge >= 0.3 is 5.38 Å². The van der Waals surface area contributed by atoms with Crippen LogP contribution < -0.4 is 5.32 Å². The molecule has 0 aromatic rings. The zero-order chi connectivity index (χ0) is 13.3. The first-order chi connectivity index (χ1) is 7.66. The molecule has 2 nitrogen and oxygen atoms in total. The van der Waals surface area contributed by atoms with Crippen LogP contribution in [0, 0.1) is 5.41 Å². The molecule has 0 amide bonds. The minimum atomic E-state index is -3.81. The topological polar surface area (TPSA) is 29.1 Å². The molecule has 0 aliphatic heterocycles. The number of halogens is 3. The molecule has 0 bridgehead atoms. The molecule has 0 spiro atoms. The molecule has 98 valence electrons. The highest BCUT2D eigenvalue weighted by atomic mass is 35.5. The molecule has 1 N–H and O–H groups in total. The number of hydrogen-bond donors (Lipinski definition) is 1. The minimum absolute atomic E-state index is 0.434. The predicted octanol–water partition coefficient (Wildman–Crippen LogP) is 3.46. The number of allylic oxidation sites excluding steroid dienone is 2. The van der Waals surface area contributed by atoms with Gasteiger partial charge in [-0.15, -0.1) is 0 Å². The summed E-state index contributed by atoms with van der Waals surface area (Å²) in [6.45, 7) is 4.83. The molecule has 0 heterocycles. The van der Waals surface area contributed by atoms with E-state index in [1.54, 1.807) is 6.08 Å². The zero-order valence-corrected chi connectivity index (χ0v) is 11.1. The average Bonchev–Trinajstić information content (AvgIpc) is 2.97. The van der Waals surface area contributed by atoms with E-state index in [0.717, 1.165) is 18.5 Å². The third-order valence-electron chi connectivity index (χ3n) is 2.73. The van der Waals surface area contributed by atoms with Crippen LogP contribution in [0.5, 0.6) is 0 Å². The van der Waals surface area contributed by atoms with Gasteiger partial charge in [-0.3, -0.25) is 4.79 Å². The Bertz CT molecular complexity index is 330. The van der Waals surface area contributed by atoms with Crippen molar-refractivity contribution < 1.29 is 13.6 Å². The van der Waals surface area contributed by atoms with Gasteiger partial charge in [0.2, 0.25) is 5.78 Å². The van der Waals surface area contributed by atoms with Gasteiger partial charge in [0.25, 0.3) is 0 Å². The van der Waals surface area contributed by atoms with E-state index in [2.05, 4.69) is 5.32 Å². The van der Waals surface area contributed by atoms with Gasteiger partial charge in [0.15, 0.2) is 0 Å². The maximum atomic E-state index is 12.8. The average molecular weight is 266 g/mol. The van der Waals surface area contributed by atoms with Gasteiger partial charge in [-0.2, -0.15) is 8.78 Å². The van der Waals surface area contributed by atoms with Crippen molar-refractivity contribution >= 4 is 17.4 Å². The Balaban J connectivity index is 2.80. The summed E-state index contributed by atoms with van der Waals surface area (Å²) in [4.78, 5) is 11.5. The molecule has 0 aromatic heterocycles. The molecule has 0 saturated heterocycles. The van der Waals surface area contributed by atoms with E-state index in [0.29, 0.717) is 12.5 Å². The summed E-state index contributed by atoms with van der Waals surface area (Å²) < 4.78 is 25.6. The van der Waals surface area contributed by atoms with Gasteiger partial charge in [-0.1, -0.05) is 13.0 Å². The van der Waals surface area contributed by atoms with Gasteiger partial charge in [-0.25, -0.2) is 0 Å². The van der Waals surface area contributed by atoms with Crippen molar-refractivity contribution in [1.82, 2.24) is 5.32 Å². The first kappa shape index (κ1) is 14.4. The normalized spacial score (nSPS) is 18.1. The highest BCUT2D eigenvalue weighted by Crippen LogP contribution is 2.33. The second kappa shape index (κ2) is 4.92. The Hall–Kier alpha value is -0.640. The molecule has 5 heteroatoms. The zero-order valence-electron chi connectivity index (χ0n) is 10.3. The van der Waals surface area contributed by atoms with Gasteiger partial charge in [0.05, 0.1) is 5.41 Å². The third-order valence-corrected chi connectivity index (χ3v) is 2.90. The Morgan fingerprint density at radius 2 is 2.00 bits per heavy atom. The molecule has 17 heavy (non-hydrogen) atoms. The second-order valence-corrected chi connectivity index (χ2v) is 5.47. The Labute approximate surface area is 105 Å². The largest absolute Gasteiger partial charge is 0.386 e. The van der Waals surface area contributed by atoms with Gasteiger partial charge in [0, 0.05) is 11.7 Å². The van der Waals surface area contributed by atoms with Crippen LogP contribution in [0.25, 0.3) is 0 Å². The molecule has 0 radical (unpaired) electrons. The number of alkyl halides is 3. The van der Waals surface area contributed by atoms with Crippen molar-refractivity contribution in [3.8, 4) is 0 Å². The Morgan fingerprint density at radius 1 is 1.47 bits per heavy atom. The molecule has 0 unspecified atom stereocenters. The van der Waals surface area contributed by atoms with Crippen molar-refractivity contribution in [2.45, 2.75) is 51.5 Å². The van der Waals surface area contributed by atoms with Crippen molar-refractivity contribution in [1.29, 1.82) is 0 Å². The lowest BCUT2D eigenvalue weighted by molar-refractivity contribution is -0.140. The molecule has 1 aliphatic rings. The Morgan fingerprint density at radius 3 is 2.35 bits per heavy atom. The summed E-state index contributed by atoms with van der Waals surface area (Å²) in [5.41, 5.74) is -0.440. The van der Waals surface area contributed by atoms with Crippen LogP contribution in [-0.2, 0) is 4.79 Å². The molecule has 1 fully saturated rings. The van der Waals surface area contributed by atoms with Crippen molar-refractivity contribution in [2.24, 2.45) is 5.41 Å². The van der Waals surface area contributed by atoms with Crippen LogP contribution in [0.15, 0.2) is 11.8 Å². The molecular weight excluding hydrogens is 248 g/mol. The number of carbonyl (C=O) groups excluding carboxylic acids is 1. The molecule has 1 rings (SSSR count). The summed E-state index contributed by atoms with van der Waals surface area (Å²) in [5, 5.41) is -0.583. The SMILES string of the molecule is CCC(=CC(C)(C)C(=O)C(F)(F)Cl)NC1CC1. The lowest BCUT2D eigenvalue weighted by Crippen LogP contribution is -2.35. The first-order valence-corrected chi connectivity index (χ1v) is 6.14. The fourth-order valence-electron chi connectivity index (χ4n) is 1.60. The molecular formula is C12H18ClF2NO. The van der Waals surface area contributed by atoms with E-state index in [4.69, 9.17) is 11.6 Å². The highest BCUT2D eigenvalue weighted by Gasteiger charge is 2.44. The predicted molar refractivity (Wildman–Crippen MR) is 64.1 cm³/mol. The van der Waals surface area contributed by atoms with Crippen molar-refractivity contribution in [2.75, 3.05) is 0 Å². The van der Waals surface area contributed by atoms with Crippen LogP contribution in [0.3, 0.4) is 0 Å². The maximum Gasteiger partial charge on any atom is 0.381 e. The molecule has 1 aliphatic carbocycles. The number of carbonyl (C=O) groups is 1. The van der Waals surface area contributed by atoms with Crippen LogP contribution in [-0.4, -0.2) is 17.2 Å². The van der Waals surface area contributed by atoms with Crippen LogP contribution in [0.4, 0.5) is 8.78 Å². The highest BCUT2D eigenvalue weighted by molar-refractivity contribution is 6.33. The van der Waals surface area contributed by atoms with Crippen molar-refractivity contribution in [3.05, 3.63) is 11.8 Å². The minimum Gasteiger partial charge on any atom is -0.386 e. The lowest BCUT2D eigenvalue weighted by atomic mass is 9.86. The summed E-state index contributed by atoms with van der Waals surface area (Å²) in [6, 6.07) is 0.434. The van der Waals surface area contributed by atoms with Crippen molar-refractivity contribution in [3.63, 3.8) is 0 Å². The monoisotopic (exact) mass is 265 g/mol. The van der Waals surface area contributed by atoms with E-state index in [-0.39, 0.29) is 0 Å². The number of Topliss-reactive ketones (excluding diaryl/α,β-unsaturated/α-hetero) is 1. The van der Waals surface area contributed by atoms with E-state index < -0.39 is 16.6 Å². The van der Waals surface area contributed by atoms with E-state index in [9.17, 15) is 13.6 Å². The van der Waals surface area contributed by atoms with Crippen LogP contribution in [0.1, 0.15) is 40.0 Å². The van der Waals surface area contributed by atoms with E-state index in [1.807, 2.05) is 6.92 Å². The first-order valence-electron chi connectivity index (χ1n) is 5.76. The number of hydrogen-bond acceptors (Lipinski definition) is 2. The number of ketones is 1.